The van der Waals surface area contributed by atoms with Gasteiger partial charge in [-0.3, -0.25) is 4.79 Å². The maximum Gasteiger partial charge on any atom is 0.226 e. The van der Waals surface area contributed by atoms with Crippen molar-refractivity contribution in [3.63, 3.8) is 0 Å². The number of aryl methyl sites for hydroxylation is 3. The van der Waals surface area contributed by atoms with Crippen LogP contribution in [0, 0.1) is 20.8 Å². The van der Waals surface area contributed by atoms with E-state index in [1.54, 1.807) is 13.0 Å². The lowest BCUT2D eigenvalue weighted by Crippen LogP contribution is -2.28. The van der Waals surface area contributed by atoms with Gasteiger partial charge in [0.05, 0.1) is 29.5 Å². The van der Waals surface area contributed by atoms with E-state index in [4.69, 9.17) is 4.52 Å². The first kappa shape index (κ1) is 17.0. The number of nitrogens with zero attached hydrogens (tertiary/aromatic N) is 3. The molecule has 0 radical (unpaired) electrons. The van der Waals surface area contributed by atoms with Crippen molar-refractivity contribution < 1.29 is 9.32 Å². The summed E-state index contributed by atoms with van der Waals surface area (Å²) in [6.45, 7) is 7.78. The third-order valence-corrected chi connectivity index (χ3v) is 4.04. The van der Waals surface area contributed by atoms with Crippen LogP contribution < -0.4 is 5.32 Å². The van der Waals surface area contributed by atoms with Crippen molar-refractivity contribution in [2.45, 2.75) is 40.2 Å². The Kier molecular flexibility index (Phi) is 4.70. The molecule has 25 heavy (non-hydrogen) atoms. The maximum atomic E-state index is 12.1. The Morgan fingerprint density at radius 1 is 1.20 bits per heavy atom. The number of amides is 1. The number of hydrogen-bond donors (Lipinski definition) is 1. The predicted octanol–water partition coefficient (Wildman–Crippen LogP) is 3.21. The number of benzene rings is 1. The molecule has 1 amide bonds. The van der Waals surface area contributed by atoms with Gasteiger partial charge in [0.15, 0.2) is 0 Å². The molecular formula is C19H22N4O2. The summed E-state index contributed by atoms with van der Waals surface area (Å²) in [5.74, 6) is 0.624. The third kappa shape index (κ3) is 3.96. The second-order valence-corrected chi connectivity index (χ2v) is 6.33. The van der Waals surface area contributed by atoms with Crippen LogP contribution in [0.25, 0.3) is 5.69 Å². The lowest BCUT2D eigenvalue weighted by atomic mass is 10.1. The molecule has 3 rings (SSSR count). The summed E-state index contributed by atoms with van der Waals surface area (Å²) in [6, 6.07) is 11.8. The molecular weight excluding hydrogens is 316 g/mol. The monoisotopic (exact) mass is 338 g/mol. The summed E-state index contributed by atoms with van der Waals surface area (Å²) in [5.41, 5.74) is 4.77. The first-order chi connectivity index (χ1) is 11.9. The molecule has 0 bridgehead atoms. The number of rotatable bonds is 5. The van der Waals surface area contributed by atoms with Crippen molar-refractivity contribution in [2.75, 3.05) is 0 Å². The van der Waals surface area contributed by atoms with E-state index in [1.807, 2.05) is 55.8 Å². The van der Waals surface area contributed by atoms with Crippen LogP contribution in [0.2, 0.25) is 0 Å². The van der Waals surface area contributed by atoms with Crippen molar-refractivity contribution in [1.29, 1.82) is 0 Å². The van der Waals surface area contributed by atoms with Crippen LogP contribution in [-0.4, -0.2) is 20.8 Å². The predicted molar refractivity (Wildman–Crippen MR) is 94.5 cm³/mol. The smallest absolute Gasteiger partial charge is 0.226 e. The van der Waals surface area contributed by atoms with Gasteiger partial charge in [0.2, 0.25) is 5.91 Å². The highest BCUT2D eigenvalue weighted by Crippen LogP contribution is 2.17. The quantitative estimate of drug-likeness (QED) is 0.775. The summed E-state index contributed by atoms with van der Waals surface area (Å²) < 4.78 is 6.90. The van der Waals surface area contributed by atoms with Gasteiger partial charge in [0, 0.05) is 11.8 Å². The molecule has 130 valence electrons. The Hall–Kier alpha value is -2.89. The van der Waals surface area contributed by atoms with Gasteiger partial charge in [-0.1, -0.05) is 17.3 Å². The van der Waals surface area contributed by atoms with Gasteiger partial charge in [0.25, 0.3) is 0 Å². The van der Waals surface area contributed by atoms with Gasteiger partial charge in [-0.05, 0) is 51.5 Å². The van der Waals surface area contributed by atoms with E-state index >= 15 is 0 Å². The van der Waals surface area contributed by atoms with E-state index in [0.29, 0.717) is 11.5 Å². The molecule has 0 saturated heterocycles. The second-order valence-electron chi connectivity index (χ2n) is 6.33. The Morgan fingerprint density at radius 3 is 2.48 bits per heavy atom. The minimum Gasteiger partial charge on any atom is -0.361 e. The SMILES string of the molecule is Cc1cc(C)n(-c2ccc([C@H](C)NC(=O)Cc3cc(C)on3)cc2)n1. The number of nitrogens with one attached hydrogen (secondary N) is 1. The standard InChI is InChI=1S/C19H22N4O2/c1-12-9-13(2)23(21-12)18-7-5-16(6-8-18)15(4)20-19(24)11-17-10-14(3)25-22-17/h5-10,15H,11H2,1-4H3,(H,20,24)/t15-/m0/s1. The molecule has 0 unspecified atom stereocenters. The van der Waals surface area contributed by atoms with Gasteiger partial charge in [-0.2, -0.15) is 5.10 Å². The first-order valence-electron chi connectivity index (χ1n) is 8.27. The zero-order valence-corrected chi connectivity index (χ0v) is 14.9. The number of aromatic nitrogens is 3. The molecule has 0 aliphatic carbocycles. The van der Waals surface area contributed by atoms with Gasteiger partial charge in [-0.15, -0.1) is 0 Å². The normalized spacial score (nSPS) is 12.2. The van der Waals surface area contributed by atoms with Gasteiger partial charge >= 0.3 is 0 Å². The van der Waals surface area contributed by atoms with E-state index < -0.39 is 0 Å². The lowest BCUT2D eigenvalue weighted by molar-refractivity contribution is -0.121. The molecule has 0 saturated carbocycles. The van der Waals surface area contributed by atoms with Gasteiger partial charge in [0.1, 0.15) is 5.76 Å². The number of carbonyl (C=O) groups excluding carboxylic acids is 1. The van der Waals surface area contributed by atoms with E-state index in [0.717, 1.165) is 22.6 Å². The fourth-order valence-corrected chi connectivity index (χ4v) is 2.84. The largest absolute Gasteiger partial charge is 0.361 e. The minimum atomic E-state index is -0.0880. The maximum absolute atomic E-state index is 12.1. The van der Waals surface area contributed by atoms with Crippen LogP contribution in [0.1, 0.15) is 41.4 Å². The van der Waals surface area contributed by atoms with Gasteiger partial charge in [-0.25, -0.2) is 4.68 Å². The van der Waals surface area contributed by atoms with E-state index in [1.165, 1.54) is 0 Å². The van der Waals surface area contributed by atoms with E-state index in [-0.39, 0.29) is 18.4 Å². The van der Waals surface area contributed by atoms with Gasteiger partial charge < -0.3 is 9.84 Å². The van der Waals surface area contributed by atoms with Crippen molar-refractivity contribution in [1.82, 2.24) is 20.3 Å². The average Bonchev–Trinajstić information content (AvgIpc) is 3.12. The summed E-state index contributed by atoms with van der Waals surface area (Å²) in [6.07, 6.45) is 0.214. The van der Waals surface area contributed by atoms with Crippen LogP contribution in [0.15, 0.2) is 40.9 Å². The molecule has 2 heterocycles. The van der Waals surface area contributed by atoms with E-state index in [9.17, 15) is 4.79 Å². The van der Waals surface area contributed by atoms with Crippen molar-refractivity contribution in [3.05, 3.63) is 64.8 Å². The molecule has 0 aliphatic heterocycles. The Morgan fingerprint density at radius 2 is 1.92 bits per heavy atom. The molecule has 2 aromatic heterocycles. The highest BCUT2D eigenvalue weighted by Gasteiger charge is 2.13. The Labute approximate surface area is 146 Å². The molecule has 1 atom stereocenters. The lowest BCUT2D eigenvalue weighted by Gasteiger charge is -2.15. The molecule has 0 aliphatic rings. The highest BCUT2D eigenvalue weighted by molar-refractivity contribution is 5.78. The van der Waals surface area contributed by atoms with Crippen LogP contribution in [-0.2, 0) is 11.2 Å². The molecule has 3 aromatic rings. The van der Waals surface area contributed by atoms with Crippen LogP contribution in [0.3, 0.4) is 0 Å². The second kappa shape index (κ2) is 6.93. The summed E-state index contributed by atoms with van der Waals surface area (Å²) >= 11 is 0. The topological polar surface area (TPSA) is 73.0 Å². The highest BCUT2D eigenvalue weighted by atomic mass is 16.5. The first-order valence-corrected chi connectivity index (χ1v) is 8.27. The zero-order chi connectivity index (χ0) is 18.0. The van der Waals surface area contributed by atoms with Crippen LogP contribution in [0.5, 0.6) is 0 Å². The molecule has 6 heteroatoms. The van der Waals surface area contributed by atoms with Crippen molar-refractivity contribution in [2.24, 2.45) is 0 Å². The molecule has 0 spiro atoms. The number of hydrogen-bond acceptors (Lipinski definition) is 4. The third-order valence-electron chi connectivity index (χ3n) is 4.04. The minimum absolute atomic E-state index is 0.0802. The average molecular weight is 338 g/mol. The van der Waals surface area contributed by atoms with Crippen LogP contribution >= 0.6 is 0 Å². The molecule has 1 N–H and O–H groups in total. The summed E-state index contributed by atoms with van der Waals surface area (Å²) in [5, 5.41) is 11.3. The Balaban J connectivity index is 1.65. The molecule has 0 fully saturated rings. The number of carbonyl (C=O) groups is 1. The fourth-order valence-electron chi connectivity index (χ4n) is 2.84. The summed E-state index contributed by atoms with van der Waals surface area (Å²) in [7, 11) is 0. The van der Waals surface area contributed by atoms with E-state index in [2.05, 4.69) is 15.6 Å². The summed E-state index contributed by atoms with van der Waals surface area (Å²) in [4.78, 5) is 12.1. The Bertz CT molecular complexity index is 877. The van der Waals surface area contributed by atoms with Crippen molar-refractivity contribution in [3.8, 4) is 5.69 Å². The zero-order valence-electron chi connectivity index (χ0n) is 14.9. The molecule has 1 aromatic carbocycles. The fraction of sp³-hybridized carbons (Fsp3) is 0.316. The molecule has 6 nitrogen and oxygen atoms in total. The van der Waals surface area contributed by atoms with Crippen LogP contribution in [0.4, 0.5) is 0 Å². The van der Waals surface area contributed by atoms with Crippen molar-refractivity contribution >= 4 is 5.91 Å².